The lowest BCUT2D eigenvalue weighted by atomic mass is 10.0. The van der Waals surface area contributed by atoms with Crippen LogP contribution in [-0.2, 0) is 11.2 Å². The second-order valence-corrected chi connectivity index (χ2v) is 5.74. The van der Waals surface area contributed by atoms with Gasteiger partial charge in [0.1, 0.15) is 11.4 Å². The van der Waals surface area contributed by atoms with Crippen LogP contribution in [-0.4, -0.2) is 58.2 Å². The van der Waals surface area contributed by atoms with Gasteiger partial charge in [-0.2, -0.15) is 5.10 Å². The zero-order valence-corrected chi connectivity index (χ0v) is 13.1. The molecular formula is C16H19N5O3. The van der Waals surface area contributed by atoms with Gasteiger partial charge < -0.3 is 15.4 Å². The highest BCUT2D eigenvalue weighted by Gasteiger charge is 2.24. The molecule has 0 bridgehead atoms. The molecule has 3 heterocycles. The number of ether oxygens (including phenoxy) is 1. The van der Waals surface area contributed by atoms with E-state index in [2.05, 4.69) is 15.2 Å². The number of hydrogen-bond donors (Lipinski definition) is 2. The van der Waals surface area contributed by atoms with Crippen molar-refractivity contribution in [2.75, 3.05) is 26.3 Å². The summed E-state index contributed by atoms with van der Waals surface area (Å²) in [7, 11) is 0. The molecule has 0 unspecified atom stereocenters. The lowest BCUT2D eigenvalue weighted by Gasteiger charge is -2.23. The number of nitrogens with two attached hydrogens (primary N) is 1. The SMILES string of the molecule is NC(=O)c1cccc(C[C@@H]2COCCN(C(=O)c3ccn[nH]3)C2)n1. The van der Waals surface area contributed by atoms with E-state index < -0.39 is 5.91 Å². The first-order valence-corrected chi connectivity index (χ1v) is 7.75. The molecule has 8 heteroatoms. The number of nitrogens with one attached hydrogen (secondary N) is 1. The zero-order valence-electron chi connectivity index (χ0n) is 13.1. The molecule has 1 atom stereocenters. The van der Waals surface area contributed by atoms with Crippen molar-refractivity contribution in [2.45, 2.75) is 6.42 Å². The molecule has 3 rings (SSSR count). The van der Waals surface area contributed by atoms with E-state index in [0.29, 0.717) is 38.4 Å². The van der Waals surface area contributed by atoms with E-state index in [0.717, 1.165) is 5.69 Å². The molecule has 2 aromatic rings. The molecule has 1 saturated heterocycles. The zero-order chi connectivity index (χ0) is 16.9. The first-order chi connectivity index (χ1) is 11.6. The number of primary amides is 1. The third-order valence-corrected chi connectivity index (χ3v) is 3.91. The van der Waals surface area contributed by atoms with Gasteiger partial charge in [0.05, 0.1) is 13.2 Å². The highest BCUT2D eigenvalue weighted by molar-refractivity contribution is 5.92. The molecule has 1 aliphatic rings. The van der Waals surface area contributed by atoms with Crippen LogP contribution < -0.4 is 5.73 Å². The summed E-state index contributed by atoms with van der Waals surface area (Å²) in [4.78, 5) is 29.7. The van der Waals surface area contributed by atoms with E-state index in [1.54, 1.807) is 29.3 Å². The monoisotopic (exact) mass is 329 g/mol. The maximum Gasteiger partial charge on any atom is 0.271 e. The molecule has 126 valence electrons. The van der Waals surface area contributed by atoms with Gasteiger partial charge in [0.15, 0.2) is 0 Å². The summed E-state index contributed by atoms with van der Waals surface area (Å²) in [5.41, 5.74) is 6.73. The normalized spacial score (nSPS) is 18.2. The second-order valence-electron chi connectivity index (χ2n) is 5.74. The van der Waals surface area contributed by atoms with Gasteiger partial charge in [0.25, 0.3) is 11.8 Å². The van der Waals surface area contributed by atoms with Gasteiger partial charge in [-0.3, -0.25) is 14.7 Å². The van der Waals surface area contributed by atoms with Crippen molar-refractivity contribution in [3.05, 3.63) is 47.5 Å². The standard InChI is InChI=1S/C16H19N5O3/c17-15(22)13-3-1-2-12(19-13)8-11-9-21(6-7-24-10-11)16(23)14-4-5-18-20-14/h1-5,11H,6-10H2,(H2,17,22)(H,18,20)/t11-/m0/s1. The molecule has 0 aromatic carbocycles. The van der Waals surface area contributed by atoms with Crippen molar-refractivity contribution in [2.24, 2.45) is 11.7 Å². The van der Waals surface area contributed by atoms with Gasteiger partial charge in [-0.1, -0.05) is 6.07 Å². The van der Waals surface area contributed by atoms with Gasteiger partial charge >= 0.3 is 0 Å². The number of aromatic nitrogens is 3. The molecule has 0 saturated carbocycles. The molecule has 1 fully saturated rings. The summed E-state index contributed by atoms with van der Waals surface area (Å²) in [6.07, 6.45) is 2.16. The van der Waals surface area contributed by atoms with E-state index in [4.69, 9.17) is 10.5 Å². The number of hydrogen-bond acceptors (Lipinski definition) is 5. The molecular weight excluding hydrogens is 310 g/mol. The van der Waals surface area contributed by atoms with E-state index in [-0.39, 0.29) is 17.5 Å². The van der Waals surface area contributed by atoms with Crippen molar-refractivity contribution < 1.29 is 14.3 Å². The van der Waals surface area contributed by atoms with E-state index in [9.17, 15) is 9.59 Å². The predicted octanol–water partition coefficient (Wildman–Crippen LogP) is 0.235. The number of nitrogens with zero attached hydrogens (tertiary/aromatic N) is 3. The Morgan fingerprint density at radius 3 is 3.00 bits per heavy atom. The van der Waals surface area contributed by atoms with Crippen molar-refractivity contribution in [3.8, 4) is 0 Å². The highest BCUT2D eigenvalue weighted by Crippen LogP contribution is 2.15. The maximum absolute atomic E-state index is 12.5. The maximum atomic E-state index is 12.5. The predicted molar refractivity (Wildman–Crippen MR) is 85.3 cm³/mol. The summed E-state index contributed by atoms with van der Waals surface area (Å²) >= 11 is 0. The van der Waals surface area contributed by atoms with Crippen LogP contribution in [0.2, 0.25) is 0 Å². The Balaban J connectivity index is 1.70. The molecule has 0 spiro atoms. The minimum absolute atomic E-state index is 0.0926. The first kappa shape index (κ1) is 16.1. The number of H-pyrrole nitrogens is 1. The Morgan fingerprint density at radius 1 is 1.38 bits per heavy atom. The number of carbonyl (C=O) groups excluding carboxylic acids is 2. The van der Waals surface area contributed by atoms with Crippen LogP contribution in [0.5, 0.6) is 0 Å². The Labute approximate surface area is 139 Å². The van der Waals surface area contributed by atoms with Crippen molar-refractivity contribution in [3.63, 3.8) is 0 Å². The van der Waals surface area contributed by atoms with Crippen LogP contribution in [0, 0.1) is 5.92 Å². The molecule has 2 amide bonds. The molecule has 24 heavy (non-hydrogen) atoms. The topological polar surface area (TPSA) is 114 Å². The molecule has 3 N–H and O–H groups in total. The van der Waals surface area contributed by atoms with E-state index in [1.807, 2.05) is 6.07 Å². The number of amides is 2. The first-order valence-electron chi connectivity index (χ1n) is 7.75. The molecule has 1 aliphatic heterocycles. The van der Waals surface area contributed by atoms with Gasteiger partial charge in [-0.05, 0) is 24.6 Å². The van der Waals surface area contributed by atoms with E-state index >= 15 is 0 Å². The quantitative estimate of drug-likeness (QED) is 0.833. The Hall–Kier alpha value is -2.74. The number of pyridine rings is 1. The van der Waals surface area contributed by atoms with Crippen LogP contribution in [0.4, 0.5) is 0 Å². The second kappa shape index (κ2) is 7.22. The fourth-order valence-corrected chi connectivity index (χ4v) is 2.76. The number of carbonyl (C=O) groups is 2. The number of aromatic amines is 1. The van der Waals surface area contributed by atoms with Gasteiger partial charge in [0, 0.05) is 30.9 Å². The molecule has 0 radical (unpaired) electrons. The van der Waals surface area contributed by atoms with Gasteiger partial charge in [0.2, 0.25) is 0 Å². The van der Waals surface area contributed by atoms with Crippen molar-refractivity contribution in [1.29, 1.82) is 0 Å². The minimum Gasteiger partial charge on any atom is -0.379 e. The average Bonchev–Trinajstić information content (AvgIpc) is 3.02. The summed E-state index contributed by atoms with van der Waals surface area (Å²) in [5.74, 6) is -0.554. The fourth-order valence-electron chi connectivity index (χ4n) is 2.76. The van der Waals surface area contributed by atoms with Crippen molar-refractivity contribution >= 4 is 11.8 Å². The minimum atomic E-state index is -0.551. The van der Waals surface area contributed by atoms with Crippen LogP contribution in [0.1, 0.15) is 26.7 Å². The highest BCUT2D eigenvalue weighted by atomic mass is 16.5. The summed E-state index contributed by atoms with van der Waals surface area (Å²) in [6.45, 7) is 2.11. The lowest BCUT2D eigenvalue weighted by Crippen LogP contribution is -2.36. The smallest absolute Gasteiger partial charge is 0.271 e. The third-order valence-electron chi connectivity index (χ3n) is 3.91. The largest absolute Gasteiger partial charge is 0.379 e. The van der Waals surface area contributed by atoms with Crippen LogP contribution in [0.3, 0.4) is 0 Å². The van der Waals surface area contributed by atoms with Gasteiger partial charge in [-0.15, -0.1) is 0 Å². The van der Waals surface area contributed by atoms with Crippen LogP contribution >= 0.6 is 0 Å². The average molecular weight is 329 g/mol. The Morgan fingerprint density at radius 2 is 2.25 bits per heavy atom. The summed E-state index contributed by atoms with van der Waals surface area (Å²) < 4.78 is 5.62. The summed E-state index contributed by atoms with van der Waals surface area (Å²) in [6, 6.07) is 6.84. The van der Waals surface area contributed by atoms with Crippen molar-refractivity contribution in [1.82, 2.24) is 20.1 Å². The molecule has 2 aromatic heterocycles. The van der Waals surface area contributed by atoms with Crippen LogP contribution in [0.25, 0.3) is 0 Å². The van der Waals surface area contributed by atoms with E-state index in [1.165, 1.54) is 0 Å². The van der Waals surface area contributed by atoms with Gasteiger partial charge in [-0.25, -0.2) is 4.98 Å². The molecule has 0 aliphatic carbocycles. The van der Waals surface area contributed by atoms with Crippen LogP contribution in [0.15, 0.2) is 30.5 Å². The Kier molecular flexibility index (Phi) is 4.85. The Bertz CT molecular complexity index is 716. The summed E-state index contributed by atoms with van der Waals surface area (Å²) in [5, 5.41) is 6.51. The molecule has 8 nitrogen and oxygen atoms in total. The third kappa shape index (κ3) is 3.77. The lowest BCUT2D eigenvalue weighted by molar-refractivity contribution is 0.0731. The fraction of sp³-hybridized carbons (Fsp3) is 0.375. The number of rotatable bonds is 4.